The van der Waals surface area contributed by atoms with Crippen LogP contribution in [0.1, 0.15) is 28.9 Å². The summed E-state index contributed by atoms with van der Waals surface area (Å²) in [5.74, 6) is -0.812. The van der Waals surface area contributed by atoms with E-state index in [2.05, 4.69) is 15.6 Å². The van der Waals surface area contributed by atoms with E-state index in [1.807, 2.05) is 42.5 Å². The summed E-state index contributed by atoms with van der Waals surface area (Å²) in [4.78, 5) is 40.6. The second kappa shape index (κ2) is 11.4. The van der Waals surface area contributed by atoms with Crippen molar-refractivity contribution < 1.29 is 19.1 Å². The van der Waals surface area contributed by atoms with Gasteiger partial charge >= 0.3 is 0 Å². The van der Waals surface area contributed by atoms with E-state index in [0.717, 1.165) is 0 Å². The number of ketones is 1. The van der Waals surface area contributed by atoms with Crippen LogP contribution in [0.3, 0.4) is 0 Å². The monoisotopic (exact) mass is 485 g/mol. The van der Waals surface area contributed by atoms with Gasteiger partial charge in [0.1, 0.15) is 18.1 Å². The molecule has 3 aromatic carbocycles. The van der Waals surface area contributed by atoms with Crippen LogP contribution in [0.4, 0.5) is 5.69 Å². The van der Waals surface area contributed by atoms with Gasteiger partial charge in [-0.2, -0.15) is 0 Å². The highest BCUT2D eigenvalue weighted by Crippen LogP contribution is 2.29. The number of anilines is 1. The number of ether oxygens (including phenoxy) is 1. The van der Waals surface area contributed by atoms with Gasteiger partial charge in [0.2, 0.25) is 11.8 Å². The smallest absolute Gasteiger partial charge is 0.249 e. The van der Waals surface area contributed by atoms with E-state index in [1.165, 1.54) is 16.5 Å². The third kappa shape index (κ3) is 5.47. The van der Waals surface area contributed by atoms with Crippen molar-refractivity contribution in [1.82, 2.24) is 20.3 Å². The second-order valence-electron chi connectivity index (χ2n) is 8.20. The van der Waals surface area contributed by atoms with Crippen molar-refractivity contribution in [3.63, 3.8) is 0 Å². The number of fused-ring (bicyclic) bond motifs is 1. The van der Waals surface area contributed by atoms with Crippen molar-refractivity contribution in [2.24, 2.45) is 0 Å². The molecule has 9 nitrogen and oxygen atoms in total. The minimum absolute atomic E-state index is 0.0922. The van der Waals surface area contributed by atoms with Gasteiger partial charge in [-0.1, -0.05) is 47.7 Å². The molecule has 0 saturated heterocycles. The van der Waals surface area contributed by atoms with E-state index < -0.39 is 6.04 Å². The van der Waals surface area contributed by atoms with Crippen LogP contribution in [-0.4, -0.2) is 52.9 Å². The molecule has 0 unspecified atom stereocenters. The van der Waals surface area contributed by atoms with Gasteiger partial charge in [0.05, 0.1) is 12.1 Å². The van der Waals surface area contributed by atoms with Crippen LogP contribution in [0.25, 0.3) is 11.0 Å². The molecule has 36 heavy (non-hydrogen) atoms. The molecule has 1 aromatic heterocycles. The summed E-state index contributed by atoms with van der Waals surface area (Å²) in [7, 11) is 1.55. The maximum atomic E-state index is 13.9. The largest absolute Gasteiger partial charge is 0.383 e. The molecule has 1 atom stereocenters. The fourth-order valence-electron chi connectivity index (χ4n) is 3.96. The lowest BCUT2D eigenvalue weighted by atomic mass is 10.0. The van der Waals surface area contributed by atoms with Crippen LogP contribution >= 0.6 is 0 Å². The number of hydrogen-bond acceptors (Lipinski definition) is 6. The molecule has 0 saturated carbocycles. The van der Waals surface area contributed by atoms with Crippen molar-refractivity contribution >= 4 is 34.3 Å². The van der Waals surface area contributed by atoms with Crippen molar-refractivity contribution in [2.75, 3.05) is 25.2 Å². The molecule has 1 N–H and O–H groups in total. The van der Waals surface area contributed by atoms with Crippen LogP contribution in [0, 0.1) is 0 Å². The predicted molar refractivity (Wildman–Crippen MR) is 136 cm³/mol. The van der Waals surface area contributed by atoms with Gasteiger partial charge in [-0.15, -0.1) is 5.10 Å². The Bertz CT molecular complexity index is 1350. The van der Waals surface area contributed by atoms with Gasteiger partial charge in [0.15, 0.2) is 5.78 Å². The SMILES string of the molecule is COCCNC(=O)[C@H](c1ccccc1)N(C(=O)Cn1nnc2ccccc21)c1ccc(C(C)=O)cc1. The molecule has 184 valence electrons. The Hall–Kier alpha value is -4.37. The summed E-state index contributed by atoms with van der Waals surface area (Å²) in [6.07, 6.45) is 0. The summed E-state index contributed by atoms with van der Waals surface area (Å²) in [5.41, 5.74) is 3.00. The van der Waals surface area contributed by atoms with Crippen LogP contribution in [0.15, 0.2) is 78.9 Å². The van der Waals surface area contributed by atoms with E-state index in [-0.39, 0.29) is 30.7 Å². The van der Waals surface area contributed by atoms with Crippen LogP contribution in [0.5, 0.6) is 0 Å². The molecule has 9 heteroatoms. The maximum Gasteiger partial charge on any atom is 0.249 e. The predicted octanol–water partition coefficient (Wildman–Crippen LogP) is 3.17. The third-order valence-electron chi connectivity index (χ3n) is 5.75. The average molecular weight is 486 g/mol. The van der Waals surface area contributed by atoms with Gasteiger partial charge in [-0.05, 0) is 48.9 Å². The van der Waals surface area contributed by atoms with E-state index in [4.69, 9.17) is 4.74 Å². The number of nitrogens with zero attached hydrogens (tertiary/aromatic N) is 4. The molecule has 2 amide bonds. The molecular weight excluding hydrogens is 458 g/mol. The highest BCUT2D eigenvalue weighted by molar-refractivity contribution is 6.02. The topological polar surface area (TPSA) is 106 Å². The quantitative estimate of drug-likeness (QED) is 0.273. The minimum atomic E-state index is -0.964. The van der Waals surface area contributed by atoms with Crippen molar-refractivity contribution in [3.05, 3.63) is 90.0 Å². The van der Waals surface area contributed by atoms with Crippen molar-refractivity contribution in [3.8, 4) is 0 Å². The van der Waals surface area contributed by atoms with Crippen LogP contribution < -0.4 is 10.2 Å². The van der Waals surface area contributed by atoms with Gasteiger partial charge < -0.3 is 10.1 Å². The molecule has 4 rings (SSSR count). The molecule has 0 radical (unpaired) electrons. The molecule has 0 aliphatic carbocycles. The number of amides is 2. The Morgan fingerprint density at radius 2 is 1.67 bits per heavy atom. The molecule has 0 fully saturated rings. The summed E-state index contributed by atoms with van der Waals surface area (Å²) in [6.45, 7) is 1.96. The maximum absolute atomic E-state index is 13.9. The first-order chi connectivity index (χ1) is 17.5. The minimum Gasteiger partial charge on any atom is -0.383 e. The number of carbonyl (C=O) groups is 3. The van der Waals surface area contributed by atoms with Gasteiger partial charge in [0.25, 0.3) is 0 Å². The van der Waals surface area contributed by atoms with Crippen molar-refractivity contribution in [1.29, 1.82) is 0 Å². The standard InChI is InChI=1S/C27H27N5O4/c1-19(33)20-12-14-22(15-13-20)32(25(34)18-31-24-11-7-6-10-23(24)29-30-31)26(21-8-4-3-5-9-21)27(35)28-16-17-36-2/h3-15,26H,16-18H2,1-2H3,(H,28,35)/t26-/m0/s1. The Balaban J connectivity index is 1.77. The number of Topliss-reactive ketones (excluding diaryl/α,β-unsaturated/α-hetero) is 1. The number of para-hydroxylation sites is 1. The molecule has 0 spiro atoms. The summed E-state index contributed by atoms with van der Waals surface area (Å²) >= 11 is 0. The molecule has 0 bridgehead atoms. The van der Waals surface area contributed by atoms with Crippen LogP contribution in [0.2, 0.25) is 0 Å². The number of hydrogen-bond donors (Lipinski definition) is 1. The van der Waals surface area contributed by atoms with Crippen LogP contribution in [-0.2, 0) is 20.9 Å². The summed E-state index contributed by atoms with van der Waals surface area (Å²) in [6, 6.07) is 22.1. The van der Waals surface area contributed by atoms with E-state index in [0.29, 0.717) is 34.5 Å². The fourth-order valence-corrected chi connectivity index (χ4v) is 3.96. The summed E-state index contributed by atoms with van der Waals surface area (Å²) < 4.78 is 6.58. The zero-order chi connectivity index (χ0) is 25.5. The van der Waals surface area contributed by atoms with Gasteiger partial charge in [-0.25, -0.2) is 4.68 Å². The number of benzene rings is 3. The first-order valence-corrected chi connectivity index (χ1v) is 11.5. The fraction of sp³-hybridized carbons (Fsp3) is 0.222. The first-order valence-electron chi connectivity index (χ1n) is 11.5. The molecule has 1 heterocycles. The zero-order valence-corrected chi connectivity index (χ0v) is 20.1. The molecular formula is C27H27N5O4. The lowest BCUT2D eigenvalue weighted by Crippen LogP contribution is -2.46. The average Bonchev–Trinajstić information content (AvgIpc) is 3.30. The zero-order valence-electron chi connectivity index (χ0n) is 20.1. The van der Waals surface area contributed by atoms with Gasteiger partial charge in [0, 0.05) is 24.9 Å². The molecule has 0 aliphatic rings. The number of rotatable bonds is 10. The highest BCUT2D eigenvalue weighted by atomic mass is 16.5. The Morgan fingerprint density at radius 3 is 2.36 bits per heavy atom. The van der Waals surface area contributed by atoms with Crippen molar-refractivity contribution in [2.45, 2.75) is 19.5 Å². The number of nitrogens with one attached hydrogen (secondary N) is 1. The number of aromatic nitrogens is 3. The highest BCUT2D eigenvalue weighted by Gasteiger charge is 2.33. The molecule has 4 aromatic rings. The lowest BCUT2D eigenvalue weighted by molar-refractivity contribution is -0.127. The number of carbonyl (C=O) groups excluding carboxylic acids is 3. The van der Waals surface area contributed by atoms with Gasteiger partial charge in [-0.3, -0.25) is 19.3 Å². The Labute approximate surface area is 208 Å². The number of methoxy groups -OCH3 is 1. The van der Waals surface area contributed by atoms with E-state index in [9.17, 15) is 14.4 Å². The summed E-state index contributed by atoms with van der Waals surface area (Å²) in [5, 5.41) is 11.1. The Morgan fingerprint density at radius 1 is 0.972 bits per heavy atom. The lowest BCUT2D eigenvalue weighted by Gasteiger charge is -2.31. The van der Waals surface area contributed by atoms with E-state index >= 15 is 0 Å². The van der Waals surface area contributed by atoms with E-state index in [1.54, 1.807) is 43.5 Å². The third-order valence-corrected chi connectivity index (χ3v) is 5.75. The molecule has 0 aliphatic heterocycles. The first kappa shape index (κ1) is 24.7. The second-order valence-corrected chi connectivity index (χ2v) is 8.20. The Kier molecular flexibility index (Phi) is 7.82. The normalized spacial score (nSPS) is 11.7.